The number of amides is 1. The number of benzene rings is 3. The number of hydrogen-bond acceptors (Lipinski definition) is 5. The van der Waals surface area contributed by atoms with Crippen LogP contribution in [0.15, 0.2) is 78.9 Å². The third-order valence-electron chi connectivity index (χ3n) is 5.53. The Morgan fingerprint density at radius 3 is 2.00 bits per heavy atom. The van der Waals surface area contributed by atoms with Crippen molar-refractivity contribution in [3.05, 3.63) is 90.0 Å². The lowest BCUT2D eigenvalue weighted by molar-refractivity contribution is -0.114. The summed E-state index contributed by atoms with van der Waals surface area (Å²) in [5.74, 6) is 0.807. The van der Waals surface area contributed by atoms with Crippen molar-refractivity contribution in [2.75, 3.05) is 24.3 Å². The predicted octanol–water partition coefficient (Wildman–Crippen LogP) is 5.74. The molecule has 0 atom stereocenters. The smallest absolute Gasteiger partial charge is 0.246 e. The molecule has 6 nitrogen and oxygen atoms in total. The Balaban J connectivity index is 1.57. The van der Waals surface area contributed by atoms with Gasteiger partial charge in [-0.3, -0.25) is 10.1 Å². The van der Waals surface area contributed by atoms with Crippen molar-refractivity contribution in [1.82, 2.24) is 9.97 Å². The number of carbonyl (C=O) groups is 1. The molecule has 6 heteroatoms. The van der Waals surface area contributed by atoms with E-state index in [1.54, 1.807) is 7.11 Å². The summed E-state index contributed by atoms with van der Waals surface area (Å²) in [4.78, 5) is 21.9. The van der Waals surface area contributed by atoms with Crippen LogP contribution in [-0.2, 0) is 11.2 Å². The van der Waals surface area contributed by atoms with E-state index in [0.29, 0.717) is 5.69 Å². The van der Waals surface area contributed by atoms with Crippen molar-refractivity contribution in [1.29, 1.82) is 0 Å². The quantitative estimate of drug-likeness (QED) is 0.356. The fourth-order valence-corrected chi connectivity index (χ4v) is 3.49. The Morgan fingerprint density at radius 2 is 1.44 bits per heavy atom. The standard InChI is InChI=1S/C28H28N4O2/c1-4-20-7-13-23(14-8-20)29-18-27(33)32-28-30-25(21-9-5-19(2)6-10-21)17-26(31-28)22-11-15-24(34-3)16-12-22/h5-17,29H,4,18H2,1-3H3,(H,30,31,32,33). The lowest BCUT2D eigenvalue weighted by atomic mass is 10.1. The molecule has 1 aromatic heterocycles. The number of carbonyl (C=O) groups excluding carboxylic acids is 1. The van der Waals surface area contributed by atoms with Gasteiger partial charge in [0.15, 0.2) is 0 Å². The Morgan fingerprint density at radius 1 is 0.853 bits per heavy atom. The summed E-state index contributed by atoms with van der Waals surface area (Å²) in [6.07, 6.45) is 0.978. The van der Waals surface area contributed by atoms with Crippen molar-refractivity contribution in [3.63, 3.8) is 0 Å². The van der Waals surface area contributed by atoms with Gasteiger partial charge in [0, 0.05) is 16.8 Å². The topological polar surface area (TPSA) is 76.1 Å². The summed E-state index contributed by atoms with van der Waals surface area (Å²) in [5, 5.41) is 5.99. The van der Waals surface area contributed by atoms with Gasteiger partial charge in [0.05, 0.1) is 25.0 Å². The summed E-state index contributed by atoms with van der Waals surface area (Å²) in [7, 11) is 1.63. The van der Waals surface area contributed by atoms with Crippen LogP contribution in [0.1, 0.15) is 18.1 Å². The second kappa shape index (κ2) is 10.6. The average molecular weight is 453 g/mol. The zero-order chi connectivity index (χ0) is 23.9. The van der Waals surface area contributed by atoms with Gasteiger partial charge in [-0.1, -0.05) is 48.9 Å². The molecule has 1 amide bonds. The fourth-order valence-electron chi connectivity index (χ4n) is 3.49. The number of rotatable bonds is 8. The van der Waals surface area contributed by atoms with E-state index in [4.69, 9.17) is 4.74 Å². The monoisotopic (exact) mass is 452 g/mol. The molecule has 34 heavy (non-hydrogen) atoms. The predicted molar refractivity (Wildman–Crippen MR) is 137 cm³/mol. The van der Waals surface area contributed by atoms with Crippen molar-refractivity contribution in [2.24, 2.45) is 0 Å². The van der Waals surface area contributed by atoms with Gasteiger partial charge in [-0.2, -0.15) is 0 Å². The molecule has 2 N–H and O–H groups in total. The maximum absolute atomic E-state index is 12.7. The molecule has 0 radical (unpaired) electrons. The third-order valence-corrected chi connectivity index (χ3v) is 5.53. The first-order chi connectivity index (χ1) is 16.5. The van der Waals surface area contributed by atoms with Crippen LogP contribution in [0.5, 0.6) is 5.75 Å². The van der Waals surface area contributed by atoms with E-state index >= 15 is 0 Å². The zero-order valence-corrected chi connectivity index (χ0v) is 19.6. The van der Waals surface area contributed by atoms with E-state index in [9.17, 15) is 4.79 Å². The highest BCUT2D eigenvalue weighted by molar-refractivity contribution is 5.92. The molecule has 0 aliphatic carbocycles. The molecule has 4 rings (SSSR count). The van der Waals surface area contributed by atoms with E-state index < -0.39 is 0 Å². The number of aryl methyl sites for hydroxylation is 2. The Kier molecular flexibility index (Phi) is 7.18. The first-order valence-electron chi connectivity index (χ1n) is 11.3. The van der Waals surface area contributed by atoms with E-state index in [0.717, 1.165) is 34.7 Å². The number of nitrogens with one attached hydrogen (secondary N) is 2. The van der Waals surface area contributed by atoms with Crippen molar-refractivity contribution in [3.8, 4) is 28.3 Å². The van der Waals surface area contributed by atoms with Gasteiger partial charge in [0.25, 0.3) is 0 Å². The van der Waals surface area contributed by atoms with Gasteiger partial charge in [-0.05, 0) is 61.4 Å². The maximum atomic E-state index is 12.7. The SMILES string of the molecule is CCc1ccc(NCC(=O)Nc2nc(-c3ccc(C)cc3)cc(-c3ccc(OC)cc3)n2)cc1. The van der Waals surface area contributed by atoms with Crippen LogP contribution in [-0.4, -0.2) is 29.5 Å². The molecular formula is C28H28N4O2. The van der Waals surface area contributed by atoms with Crippen molar-refractivity contribution >= 4 is 17.5 Å². The number of ether oxygens (including phenoxy) is 1. The molecule has 0 spiro atoms. The first kappa shape index (κ1) is 23.0. The van der Waals surface area contributed by atoms with Crippen LogP contribution in [0.3, 0.4) is 0 Å². The molecule has 4 aromatic rings. The highest BCUT2D eigenvalue weighted by atomic mass is 16.5. The minimum atomic E-state index is -0.221. The van der Waals surface area contributed by atoms with E-state index in [1.165, 1.54) is 11.1 Å². The molecule has 3 aromatic carbocycles. The highest BCUT2D eigenvalue weighted by Crippen LogP contribution is 2.27. The largest absolute Gasteiger partial charge is 0.497 e. The van der Waals surface area contributed by atoms with Gasteiger partial charge in [-0.15, -0.1) is 0 Å². The summed E-state index contributed by atoms with van der Waals surface area (Å²) >= 11 is 0. The van der Waals surface area contributed by atoms with Crippen LogP contribution in [0.25, 0.3) is 22.5 Å². The van der Waals surface area contributed by atoms with Crippen LogP contribution in [0.2, 0.25) is 0 Å². The number of aromatic nitrogens is 2. The van der Waals surface area contributed by atoms with Crippen molar-refractivity contribution in [2.45, 2.75) is 20.3 Å². The van der Waals surface area contributed by atoms with Crippen LogP contribution in [0.4, 0.5) is 11.6 Å². The van der Waals surface area contributed by atoms with Crippen LogP contribution < -0.4 is 15.4 Å². The van der Waals surface area contributed by atoms with Gasteiger partial charge in [0.1, 0.15) is 5.75 Å². The molecule has 0 aliphatic heterocycles. The van der Waals surface area contributed by atoms with E-state index in [-0.39, 0.29) is 18.4 Å². The number of anilines is 2. The maximum Gasteiger partial charge on any atom is 0.246 e. The number of hydrogen-bond donors (Lipinski definition) is 2. The lowest BCUT2D eigenvalue weighted by Crippen LogP contribution is -2.23. The second-order valence-electron chi connectivity index (χ2n) is 8.01. The van der Waals surface area contributed by atoms with E-state index in [1.807, 2.05) is 73.7 Å². The molecule has 0 unspecified atom stereocenters. The van der Waals surface area contributed by atoms with Crippen LogP contribution >= 0.6 is 0 Å². The molecule has 0 aliphatic rings. The Bertz CT molecular complexity index is 1250. The molecule has 0 saturated carbocycles. The molecule has 1 heterocycles. The fraction of sp³-hybridized carbons (Fsp3) is 0.179. The minimum absolute atomic E-state index is 0.113. The van der Waals surface area contributed by atoms with Gasteiger partial charge >= 0.3 is 0 Å². The Labute approximate surface area is 200 Å². The Hall–Kier alpha value is -4.19. The van der Waals surface area contributed by atoms with Crippen LogP contribution in [0, 0.1) is 6.92 Å². The summed E-state index contributed by atoms with van der Waals surface area (Å²) in [5.41, 5.74) is 6.61. The lowest BCUT2D eigenvalue weighted by Gasteiger charge is -2.11. The van der Waals surface area contributed by atoms with Crippen molar-refractivity contribution < 1.29 is 9.53 Å². The summed E-state index contributed by atoms with van der Waals surface area (Å²) in [6.45, 7) is 4.27. The van der Waals surface area contributed by atoms with E-state index in [2.05, 4.69) is 39.7 Å². The normalized spacial score (nSPS) is 10.6. The third kappa shape index (κ3) is 5.78. The number of methoxy groups -OCH3 is 1. The van der Waals surface area contributed by atoms with Gasteiger partial charge in [-0.25, -0.2) is 9.97 Å². The van der Waals surface area contributed by atoms with Gasteiger partial charge < -0.3 is 10.1 Å². The highest BCUT2D eigenvalue weighted by Gasteiger charge is 2.12. The molecule has 0 fully saturated rings. The number of nitrogens with zero attached hydrogens (tertiary/aromatic N) is 2. The summed E-state index contributed by atoms with van der Waals surface area (Å²) < 4.78 is 5.27. The second-order valence-corrected chi connectivity index (χ2v) is 8.01. The minimum Gasteiger partial charge on any atom is -0.497 e. The average Bonchev–Trinajstić information content (AvgIpc) is 2.88. The van der Waals surface area contributed by atoms with Gasteiger partial charge in [0.2, 0.25) is 11.9 Å². The first-order valence-corrected chi connectivity index (χ1v) is 11.3. The zero-order valence-electron chi connectivity index (χ0n) is 19.6. The molecule has 0 saturated heterocycles. The molecule has 0 bridgehead atoms. The summed E-state index contributed by atoms with van der Waals surface area (Å²) in [6, 6.07) is 25.7. The molecular weight excluding hydrogens is 424 g/mol. The molecule has 172 valence electrons.